The quantitative estimate of drug-likeness (QED) is 0.231. The minimum Gasteiger partial charge on any atom is -0.493 e. The predicted molar refractivity (Wildman–Crippen MR) is 153 cm³/mol. The molecular weight excluding hydrogens is 596 g/mol. The van der Waals surface area contributed by atoms with Gasteiger partial charge in [0.05, 0.1) is 43.9 Å². The van der Waals surface area contributed by atoms with Gasteiger partial charge in [0.25, 0.3) is 5.91 Å². The number of nitrogens with zero attached hydrogens (tertiary/aromatic N) is 4. The molecule has 2 aromatic heterocycles. The number of nitrogens with one attached hydrogen (secondary N) is 2. The highest BCUT2D eigenvalue weighted by atomic mass is 35.5. The maximum atomic E-state index is 14.2. The Balaban J connectivity index is 1.42. The molecular formula is C28H27Cl2F3N6O3. The summed E-state index contributed by atoms with van der Waals surface area (Å²) < 4.78 is 55.7. The molecule has 3 heterocycles. The van der Waals surface area contributed by atoms with Crippen LogP contribution in [0, 0.1) is 13.8 Å². The van der Waals surface area contributed by atoms with E-state index in [4.69, 9.17) is 32.7 Å². The van der Waals surface area contributed by atoms with Gasteiger partial charge in [-0.25, -0.2) is 4.68 Å². The van der Waals surface area contributed by atoms with Gasteiger partial charge < -0.3 is 20.1 Å². The SMILES string of the molecule is COc1ccc([C@@H]2C[C@@H](C(F)(F)F)n3nc(C(=O)Nc4c(C)nn(Cc5c(Cl)cccc5Cl)c4C)cc3N2)cc1OC. The Bertz CT molecular complexity index is 1630. The lowest BCUT2D eigenvalue weighted by atomic mass is 9.96. The number of hydrogen-bond acceptors (Lipinski definition) is 6. The summed E-state index contributed by atoms with van der Waals surface area (Å²) in [6, 6.07) is 8.72. The van der Waals surface area contributed by atoms with Gasteiger partial charge in [0, 0.05) is 28.1 Å². The highest BCUT2D eigenvalue weighted by Crippen LogP contribution is 2.44. The molecule has 0 radical (unpaired) electrons. The van der Waals surface area contributed by atoms with E-state index in [1.165, 1.54) is 20.3 Å². The number of alkyl halides is 3. The molecule has 0 fully saturated rings. The van der Waals surface area contributed by atoms with Crippen LogP contribution in [0.25, 0.3) is 0 Å². The second-order valence-corrected chi connectivity index (χ2v) is 10.6. The van der Waals surface area contributed by atoms with Gasteiger partial charge in [-0.3, -0.25) is 9.48 Å². The maximum absolute atomic E-state index is 14.2. The number of aromatic nitrogens is 4. The van der Waals surface area contributed by atoms with Crippen LogP contribution in [-0.4, -0.2) is 45.9 Å². The molecule has 42 heavy (non-hydrogen) atoms. The standard InChI is InChI=1S/C28H27Cl2F3N6O3/c1-14-26(15(2)38(36-14)13-17-18(29)6-5-7-19(17)30)35-27(40)21-12-25-34-20(11-24(28(31,32)33)39(25)37-21)16-8-9-22(41-3)23(10-16)42-4/h5-10,12,20,24,34H,11,13H2,1-4H3,(H,35,40)/t20-,24-/m0/s1. The van der Waals surface area contributed by atoms with Crippen LogP contribution in [0.3, 0.4) is 0 Å². The van der Waals surface area contributed by atoms with Crippen LogP contribution in [0.1, 0.15) is 51.5 Å². The fourth-order valence-corrected chi connectivity index (χ4v) is 5.53. The maximum Gasteiger partial charge on any atom is 0.410 e. The number of anilines is 2. The molecule has 1 aliphatic heterocycles. The van der Waals surface area contributed by atoms with Crippen molar-refractivity contribution in [3.8, 4) is 11.5 Å². The van der Waals surface area contributed by atoms with Gasteiger partial charge in [-0.2, -0.15) is 23.4 Å². The van der Waals surface area contributed by atoms with E-state index in [9.17, 15) is 18.0 Å². The van der Waals surface area contributed by atoms with Crippen molar-refractivity contribution in [3.05, 3.63) is 80.7 Å². The summed E-state index contributed by atoms with van der Waals surface area (Å²) in [4.78, 5) is 13.3. The average molecular weight is 623 g/mol. The Morgan fingerprint density at radius 1 is 1.07 bits per heavy atom. The zero-order valence-corrected chi connectivity index (χ0v) is 24.5. The smallest absolute Gasteiger partial charge is 0.410 e. The Hall–Kier alpha value is -3.90. The first-order valence-electron chi connectivity index (χ1n) is 12.8. The zero-order chi connectivity index (χ0) is 30.3. The number of carbonyl (C=O) groups is 1. The molecule has 1 aliphatic rings. The Morgan fingerprint density at radius 3 is 2.40 bits per heavy atom. The van der Waals surface area contributed by atoms with Gasteiger partial charge in [-0.15, -0.1) is 0 Å². The van der Waals surface area contributed by atoms with Crippen LogP contribution in [0.5, 0.6) is 11.5 Å². The second-order valence-electron chi connectivity index (χ2n) is 9.82. The van der Waals surface area contributed by atoms with Crippen LogP contribution >= 0.6 is 23.2 Å². The van der Waals surface area contributed by atoms with Gasteiger partial charge >= 0.3 is 6.18 Å². The van der Waals surface area contributed by atoms with Crippen molar-refractivity contribution in [2.75, 3.05) is 24.9 Å². The largest absolute Gasteiger partial charge is 0.493 e. The molecule has 14 heteroatoms. The first-order chi connectivity index (χ1) is 19.9. The van der Waals surface area contributed by atoms with Gasteiger partial charge in [0.1, 0.15) is 5.82 Å². The number of aryl methyl sites for hydroxylation is 1. The summed E-state index contributed by atoms with van der Waals surface area (Å²) in [7, 11) is 2.93. The molecule has 2 aromatic carbocycles. The molecule has 0 saturated carbocycles. The fraction of sp³-hybridized carbons (Fsp3) is 0.321. The van der Waals surface area contributed by atoms with Crippen molar-refractivity contribution in [3.63, 3.8) is 0 Å². The van der Waals surface area contributed by atoms with Gasteiger partial charge in [0.15, 0.2) is 23.2 Å². The molecule has 0 bridgehead atoms. The number of ether oxygens (including phenoxy) is 2. The molecule has 0 aliphatic carbocycles. The Morgan fingerprint density at radius 2 is 1.76 bits per heavy atom. The normalized spacial score (nSPS) is 16.5. The van der Waals surface area contributed by atoms with E-state index in [1.54, 1.807) is 54.9 Å². The van der Waals surface area contributed by atoms with Crippen LogP contribution < -0.4 is 20.1 Å². The number of methoxy groups -OCH3 is 2. The van der Waals surface area contributed by atoms with E-state index in [1.807, 2.05) is 0 Å². The van der Waals surface area contributed by atoms with Crippen molar-refractivity contribution >= 4 is 40.6 Å². The molecule has 4 aromatic rings. The summed E-state index contributed by atoms with van der Waals surface area (Å²) in [6.07, 6.45) is -4.95. The summed E-state index contributed by atoms with van der Waals surface area (Å²) in [5.74, 6) is 0.231. The number of benzene rings is 2. The predicted octanol–water partition coefficient (Wildman–Crippen LogP) is 6.98. The highest BCUT2D eigenvalue weighted by Gasteiger charge is 2.47. The van der Waals surface area contributed by atoms with E-state index < -0.39 is 24.2 Å². The van der Waals surface area contributed by atoms with Crippen molar-refractivity contribution in [2.24, 2.45) is 0 Å². The second kappa shape index (κ2) is 11.4. The highest BCUT2D eigenvalue weighted by molar-refractivity contribution is 6.36. The lowest BCUT2D eigenvalue weighted by molar-refractivity contribution is -0.173. The molecule has 5 rings (SSSR count). The number of carbonyl (C=O) groups excluding carboxylic acids is 1. The topological polar surface area (TPSA) is 95.2 Å². The summed E-state index contributed by atoms with van der Waals surface area (Å²) in [6.45, 7) is 3.72. The average Bonchev–Trinajstić information content (AvgIpc) is 3.50. The molecule has 2 N–H and O–H groups in total. The molecule has 222 valence electrons. The third kappa shape index (κ3) is 5.60. The van der Waals surface area contributed by atoms with Crippen molar-refractivity contribution in [1.29, 1.82) is 0 Å². The molecule has 0 unspecified atom stereocenters. The summed E-state index contributed by atoms with van der Waals surface area (Å²) in [5, 5.41) is 15.3. The number of halogens is 5. The molecule has 0 spiro atoms. The van der Waals surface area contributed by atoms with Crippen LogP contribution in [-0.2, 0) is 6.54 Å². The Labute approximate surface area is 249 Å². The molecule has 1 amide bonds. The molecule has 9 nitrogen and oxygen atoms in total. The minimum atomic E-state index is -4.61. The van der Waals surface area contributed by atoms with Crippen molar-refractivity contribution in [1.82, 2.24) is 19.6 Å². The minimum absolute atomic E-state index is 0.0611. The summed E-state index contributed by atoms with van der Waals surface area (Å²) in [5.41, 5.74) is 2.59. The summed E-state index contributed by atoms with van der Waals surface area (Å²) >= 11 is 12.6. The third-order valence-corrected chi connectivity index (χ3v) is 7.93. The lowest BCUT2D eigenvalue weighted by Gasteiger charge is -2.33. The van der Waals surface area contributed by atoms with E-state index in [0.29, 0.717) is 49.7 Å². The van der Waals surface area contributed by atoms with E-state index >= 15 is 0 Å². The van der Waals surface area contributed by atoms with E-state index in [0.717, 1.165) is 4.68 Å². The third-order valence-electron chi connectivity index (χ3n) is 7.22. The van der Waals surface area contributed by atoms with Gasteiger partial charge in [-0.05, 0) is 43.7 Å². The van der Waals surface area contributed by atoms with Crippen LogP contribution in [0.2, 0.25) is 10.0 Å². The van der Waals surface area contributed by atoms with Crippen LogP contribution in [0.4, 0.5) is 24.7 Å². The lowest BCUT2D eigenvalue weighted by Crippen LogP contribution is -2.35. The number of rotatable bonds is 7. The first kappa shape index (κ1) is 29.6. The van der Waals surface area contributed by atoms with E-state index in [-0.39, 0.29) is 24.5 Å². The van der Waals surface area contributed by atoms with Crippen molar-refractivity contribution < 1.29 is 27.4 Å². The number of amides is 1. The number of fused-ring (bicyclic) bond motifs is 1. The molecule has 0 saturated heterocycles. The number of hydrogen-bond donors (Lipinski definition) is 2. The first-order valence-corrected chi connectivity index (χ1v) is 13.6. The van der Waals surface area contributed by atoms with Gasteiger partial charge in [-0.1, -0.05) is 35.3 Å². The van der Waals surface area contributed by atoms with Crippen molar-refractivity contribution in [2.45, 2.75) is 45.1 Å². The van der Waals surface area contributed by atoms with Gasteiger partial charge in [0.2, 0.25) is 0 Å². The zero-order valence-electron chi connectivity index (χ0n) is 23.0. The monoisotopic (exact) mass is 622 g/mol. The van der Waals surface area contributed by atoms with Crippen LogP contribution in [0.15, 0.2) is 42.5 Å². The fourth-order valence-electron chi connectivity index (χ4n) is 5.02. The Kier molecular flexibility index (Phi) is 8.04. The van der Waals surface area contributed by atoms with E-state index in [2.05, 4.69) is 20.8 Å². The molecule has 2 atom stereocenters.